The molecule has 0 aliphatic carbocycles. The van der Waals surface area contributed by atoms with Gasteiger partial charge in [-0.25, -0.2) is 4.79 Å². The Hall–Kier alpha value is -2.32. The summed E-state index contributed by atoms with van der Waals surface area (Å²) in [5.41, 5.74) is 1.01. The lowest BCUT2D eigenvalue weighted by Crippen LogP contribution is -2.12. The van der Waals surface area contributed by atoms with Crippen LogP contribution in [0.4, 0.5) is 0 Å². The van der Waals surface area contributed by atoms with Gasteiger partial charge >= 0.3 is 5.97 Å². The number of nitrogens with zero attached hydrogens (tertiary/aromatic N) is 1. The van der Waals surface area contributed by atoms with Gasteiger partial charge < -0.3 is 9.47 Å². The molecule has 0 atom stereocenters. The second kappa shape index (κ2) is 8.77. The van der Waals surface area contributed by atoms with Crippen LogP contribution >= 0.6 is 11.3 Å². The fourth-order valence-electron chi connectivity index (χ4n) is 1.50. The highest BCUT2D eigenvalue weighted by atomic mass is 32.1. The molecule has 4 nitrogen and oxygen atoms in total. The zero-order valence-corrected chi connectivity index (χ0v) is 13.1. The molecule has 0 aliphatic heterocycles. The normalized spacial score (nSPS) is 9.05. The molecule has 0 aliphatic rings. The fourth-order valence-corrected chi connectivity index (χ4v) is 2.40. The van der Waals surface area contributed by atoms with Crippen LogP contribution in [0.2, 0.25) is 0 Å². The lowest BCUT2D eigenvalue weighted by Gasteiger charge is -2.01. The van der Waals surface area contributed by atoms with Gasteiger partial charge in [0.2, 0.25) is 0 Å². The van der Waals surface area contributed by atoms with Gasteiger partial charge in [0.1, 0.15) is 16.7 Å². The zero-order chi connectivity index (χ0) is 15.7. The first-order valence-corrected chi connectivity index (χ1v) is 7.35. The van der Waals surface area contributed by atoms with Gasteiger partial charge in [-0.2, -0.15) is 5.26 Å². The monoisotopic (exact) mass is 303 g/mol. The molecule has 0 unspecified atom stereocenters. The van der Waals surface area contributed by atoms with E-state index >= 15 is 0 Å². The van der Waals surface area contributed by atoms with Crippen LogP contribution in [0.5, 0.6) is 5.75 Å². The molecule has 0 saturated heterocycles. The third kappa shape index (κ3) is 4.62. The third-order valence-electron chi connectivity index (χ3n) is 2.43. The van der Waals surface area contributed by atoms with Crippen LogP contribution in [0.25, 0.3) is 10.4 Å². The largest absolute Gasteiger partial charge is 0.480 e. The van der Waals surface area contributed by atoms with Crippen molar-refractivity contribution >= 4 is 17.3 Å². The summed E-state index contributed by atoms with van der Waals surface area (Å²) in [6, 6.07) is 13.5. The van der Waals surface area contributed by atoms with Gasteiger partial charge in [-0.3, -0.25) is 0 Å². The van der Waals surface area contributed by atoms with Gasteiger partial charge in [0, 0.05) is 10.9 Å². The minimum Gasteiger partial charge on any atom is -0.480 e. The molecule has 2 rings (SSSR count). The van der Waals surface area contributed by atoms with Crippen molar-refractivity contribution in [2.75, 3.05) is 13.7 Å². The quantitative estimate of drug-likeness (QED) is 0.805. The average molecular weight is 303 g/mol. The van der Waals surface area contributed by atoms with E-state index in [4.69, 9.17) is 10.00 Å². The van der Waals surface area contributed by atoms with Crippen LogP contribution in [0.1, 0.15) is 18.7 Å². The lowest BCUT2D eigenvalue weighted by molar-refractivity contribution is -0.142. The summed E-state index contributed by atoms with van der Waals surface area (Å²) in [4.78, 5) is 12.4. The van der Waals surface area contributed by atoms with E-state index in [0.29, 0.717) is 10.6 Å². The molecule has 5 heteroatoms. The predicted octanol–water partition coefficient (Wildman–Crippen LogP) is 3.86. The number of nitriles is 1. The zero-order valence-electron chi connectivity index (χ0n) is 12.3. The van der Waals surface area contributed by atoms with Crippen molar-refractivity contribution in [3.63, 3.8) is 0 Å². The van der Waals surface area contributed by atoms with E-state index in [1.54, 1.807) is 6.07 Å². The summed E-state index contributed by atoms with van der Waals surface area (Å²) >= 11 is 1.33. The Balaban J connectivity index is 0.00000106. The predicted molar refractivity (Wildman–Crippen MR) is 83.3 cm³/mol. The van der Waals surface area contributed by atoms with E-state index in [1.165, 1.54) is 18.4 Å². The van der Waals surface area contributed by atoms with Gasteiger partial charge in [0.15, 0.2) is 6.61 Å². The van der Waals surface area contributed by atoms with E-state index in [2.05, 4.69) is 10.8 Å². The molecular formula is C16H17NO3S. The number of benzene rings is 1. The maximum atomic E-state index is 11.0. The first-order chi connectivity index (χ1) is 10.2. The molecule has 0 amide bonds. The number of methoxy groups -OCH3 is 1. The molecule has 0 bridgehead atoms. The number of hydrogen-bond acceptors (Lipinski definition) is 5. The number of rotatable bonds is 4. The standard InChI is InChI=1S/C14H11NO3S.C2H6/c1-17-14(16)9-18-11-7-12(19-13(11)8-15)10-5-3-2-4-6-10;1-2/h2-7H,9H2,1H3;1-2H3. The highest BCUT2D eigenvalue weighted by molar-refractivity contribution is 7.16. The van der Waals surface area contributed by atoms with Crippen LogP contribution < -0.4 is 4.74 Å². The SMILES string of the molecule is CC.COC(=O)COc1cc(-c2ccccc2)sc1C#N. The van der Waals surface area contributed by atoms with Crippen molar-refractivity contribution in [1.29, 1.82) is 5.26 Å². The summed E-state index contributed by atoms with van der Waals surface area (Å²) in [5.74, 6) is -0.0619. The first kappa shape index (κ1) is 16.7. The minimum absolute atomic E-state index is 0.198. The van der Waals surface area contributed by atoms with E-state index in [0.717, 1.165) is 10.4 Å². The van der Waals surface area contributed by atoms with Gasteiger partial charge in [-0.1, -0.05) is 44.2 Å². The van der Waals surface area contributed by atoms with Crippen molar-refractivity contribution in [3.8, 4) is 22.3 Å². The lowest BCUT2D eigenvalue weighted by atomic mass is 10.2. The number of esters is 1. The Bertz CT molecular complexity index is 614. The van der Waals surface area contributed by atoms with E-state index in [-0.39, 0.29) is 6.61 Å². The Morgan fingerprint density at radius 3 is 2.52 bits per heavy atom. The van der Waals surface area contributed by atoms with Crippen LogP contribution in [0, 0.1) is 11.3 Å². The first-order valence-electron chi connectivity index (χ1n) is 6.53. The van der Waals surface area contributed by atoms with Crippen LogP contribution in [-0.2, 0) is 9.53 Å². The molecule has 0 N–H and O–H groups in total. The molecule has 0 saturated carbocycles. The summed E-state index contributed by atoms with van der Waals surface area (Å²) < 4.78 is 9.79. The van der Waals surface area contributed by atoms with E-state index in [9.17, 15) is 4.79 Å². The molecular weight excluding hydrogens is 286 g/mol. The van der Waals surface area contributed by atoms with Crippen molar-refractivity contribution in [1.82, 2.24) is 0 Å². The highest BCUT2D eigenvalue weighted by Gasteiger charge is 2.13. The smallest absolute Gasteiger partial charge is 0.343 e. The maximum Gasteiger partial charge on any atom is 0.343 e. The van der Waals surface area contributed by atoms with E-state index in [1.807, 2.05) is 44.2 Å². The number of carbonyl (C=O) groups excluding carboxylic acids is 1. The van der Waals surface area contributed by atoms with Gasteiger partial charge in [0.05, 0.1) is 7.11 Å². The molecule has 0 radical (unpaired) electrons. The molecule has 110 valence electrons. The number of thiophene rings is 1. The topological polar surface area (TPSA) is 59.3 Å². The summed E-state index contributed by atoms with van der Waals surface area (Å²) in [6.45, 7) is 3.80. The maximum absolute atomic E-state index is 11.0. The van der Waals surface area contributed by atoms with Gasteiger partial charge in [-0.05, 0) is 5.56 Å². The third-order valence-corrected chi connectivity index (χ3v) is 3.50. The average Bonchev–Trinajstić information content (AvgIpc) is 2.98. The van der Waals surface area contributed by atoms with Crippen molar-refractivity contribution in [2.45, 2.75) is 13.8 Å². The Kier molecular flexibility index (Phi) is 6.99. The van der Waals surface area contributed by atoms with Crippen LogP contribution in [0.3, 0.4) is 0 Å². The molecule has 1 aromatic heterocycles. The van der Waals surface area contributed by atoms with Crippen LogP contribution in [-0.4, -0.2) is 19.7 Å². The molecule has 21 heavy (non-hydrogen) atoms. The molecule has 1 heterocycles. The molecule has 2 aromatic rings. The minimum atomic E-state index is -0.476. The Morgan fingerprint density at radius 2 is 1.95 bits per heavy atom. The van der Waals surface area contributed by atoms with Crippen molar-refractivity contribution in [2.24, 2.45) is 0 Å². The summed E-state index contributed by atoms with van der Waals surface area (Å²) in [5, 5.41) is 9.07. The Labute approximate surface area is 128 Å². The van der Waals surface area contributed by atoms with Crippen molar-refractivity contribution < 1.29 is 14.3 Å². The number of hydrogen-bond donors (Lipinski definition) is 0. The summed E-state index contributed by atoms with van der Waals surface area (Å²) in [6.07, 6.45) is 0. The number of carbonyl (C=O) groups is 1. The van der Waals surface area contributed by atoms with Gasteiger partial charge in [-0.15, -0.1) is 11.3 Å². The van der Waals surface area contributed by atoms with Crippen molar-refractivity contribution in [3.05, 3.63) is 41.3 Å². The summed E-state index contributed by atoms with van der Waals surface area (Å²) in [7, 11) is 1.29. The highest BCUT2D eigenvalue weighted by Crippen LogP contribution is 2.35. The second-order valence-corrected chi connectivity index (χ2v) is 4.70. The molecule has 0 spiro atoms. The number of ether oxygens (including phenoxy) is 2. The van der Waals surface area contributed by atoms with Gasteiger partial charge in [0.25, 0.3) is 0 Å². The van der Waals surface area contributed by atoms with Crippen LogP contribution in [0.15, 0.2) is 36.4 Å². The second-order valence-electron chi connectivity index (χ2n) is 3.65. The molecule has 1 aromatic carbocycles. The Morgan fingerprint density at radius 1 is 1.29 bits per heavy atom. The van der Waals surface area contributed by atoms with E-state index < -0.39 is 5.97 Å². The fraction of sp³-hybridized carbons (Fsp3) is 0.250. The molecule has 0 fully saturated rings.